The third-order valence-corrected chi connectivity index (χ3v) is 2.88. The molecule has 0 saturated heterocycles. The van der Waals surface area contributed by atoms with Crippen LogP contribution in [0.4, 0.5) is 5.69 Å². The molecule has 5 heteroatoms. The van der Waals surface area contributed by atoms with Crippen molar-refractivity contribution in [3.05, 3.63) is 53.3 Å². The summed E-state index contributed by atoms with van der Waals surface area (Å²) >= 11 is 0. The van der Waals surface area contributed by atoms with Crippen LogP contribution in [0.25, 0.3) is 0 Å². The van der Waals surface area contributed by atoms with E-state index in [1.807, 2.05) is 25.1 Å². The average Bonchev–Trinajstić information content (AvgIpc) is 2.44. The summed E-state index contributed by atoms with van der Waals surface area (Å²) in [6, 6.07) is 10.7. The number of anilines is 1. The molecule has 0 saturated carbocycles. The number of carbonyl (C=O) groups is 1. The van der Waals surface area contributed by atoms with E-state index in [1.165, 1.54) is 0 Å². The number of methoxy groups -OCH3 is 1. The summed E-state index contributed by atoms with van der Waals surface area (Å²) in [5.41, 5.74) is 8.38. The molecule has 0 radical (unpaired) electrons. The Morgan fingerprint density at radius 3 is 2.80 bits per heavy atom. The lowest BCUT2D eigenvalue weighted by molar-refractivity contribution is 0.0951. The van der Waals surface area contributed by atoms with E-state index >= 15 is 0 Å². The van der Waals surface area contributed by atoms with E-state index in [0.717, 1.165) is 11.4 Å². The maximum absolute atomic E-state index is 12.1. The SMILES string of the molecule is COc1ccc(C(=O)NCc2cccc(C)n2)c(N)c1. The highest BCUT2D eigenvalue weighted by Crippen LogP contribution is 2.19. The first kappa shape index (κ1) is 13.9. The second kappa shape index (κ2) is 6.06. The van der Waals surface area contributed by atoms with Gasteiger partial charge < -0.3 is 15.8 Å². The van der Waals surface area contributed by atoms with Gasteiger partial charge in [-0.2, -0.15) is 0 Å². The van der Waals surface area contributed by atoms with Gasteiger partial charge in [0.05, 0.1) is 24.9 Å². The van der Waals surface area contributed by atoms with Crippen LogP contribution in [-0.2, 0) is 6.54 Å². The summed E-state index contributed by atoms with van der Waals surface area (Å²) in [5.74, 6) is 0.396. The molecule has 1 heterocycles. The van der Waals surface area contributed by atoms with Crippen LogP contribution >= 0.6 is 0 Å². The van der Waals surface area contributed by atoms with Gasteiger partial charge in [-0.1, -0.05) is 6.07 Å². The number of hydrogen-bond acceptors (Lipinski definition) is 4. The molecule has 5 nitrogen and oxygen atoms in total. The third-order valence-electron chi connectivity index (χ3n) is 2.88. The molecule has 0 unspecified atom stereocenters. The number of nitrogen functional groups attached to an aromatic ring is 1. The Balaban J connectivity index is 2.05. The normalized spacial score (nSPS) is 10.1. The number of aryl methyl sites for hydroxylation is 1. The number of nitrogens with zero attached hydrogens (tertiary/aromatic N) is 1. The number of aromatic nitrogens is 1. The first-order chi connectivity index (χ1) is 9.60. The van der Waals surface area contributed by atoms with Crippen molar-refractivity contribution in [2.75, 3.05) is 12.8 Å². The third kappa shape index (κ3) is 3.26. The van der Waals surface area contributed by atoms with Crippen molar-refractivity contribution in [2.24, 2.45) is 0 Å². The van der Waals surface area contributed by atoms with Gasteiger partial charge in [-0.25, -0.2) is 0 Å². The van der Waals surface area contributed by atoms with E-state index in [-0.39, 0.29) is 5.91 Å². The van der Waals surface area contributed by atoms with Crippen molar-refractivity contribution in [1.82, 2.24) is 10.3 Å². The molecule has 0 fully saturated rings. The summed E-state index contributed by atoms with van der Waals surface area (Å²) in [6.07, 6.45) is 0. The fourth-order valence-electron chi connectivity index (χ4n) is 1.84. The number of amides is 1. The standard InChI is InChI=1S/C15H17N3O2/c1-10-4-3-5-11(18-10)9-17-15(19)13-7-6-12(20-2)8-14(13)16/h3-8H,9,16H2,1-2H3,(H,17,19). The van der Waals surface area contributed by atoms with E-state index in [2.05, 4.69) is 10.3 Å². The zero-order valence-corrected chi connectivity index (χ0v) is 11.5. The van der Waals surface area contributed by atoms with Crippen LogP contribution in [0.5, 0.6) is 5.75 Å². The number of carbonyl (C=O) groups excluding carboxylic acids is 1. The molecule has 20 heavy (non-hydrogen) atoms. The molecular weight excluding hydrogens is 254 g/mol. The number of pyridine rings is 1. The number of nitrogens with two attached hydrogens (primary N) is 1. The summed E-state index contributed by atoms with van der Waals surface area (Å²) in [4.78, 5) is 16.4. The molecule has 104 valence electrons. The minimum Gasteiger partial charge on any atom is -0.497 e. The highest BCUT2D eigenvalue weighted by Gasteiger charge is 2.10. The van der Waals surface area contributed by atoms with Crippen molar-refractivity contribution in [1.29, 1.82) is 0 Å². The maximum Gasteiger partial charge on any atom is 0.253 e. The number of hydrogen-bond donors (Lipinski definition) is 2. The fraction of sp³-hybridized carbons (Fsp3) is 0.200. The minimum absolute atomic E-state index is 0.228. The highest BCUT2D eigenvalue weighted by atomic mass is 16.5. The molecule has 3 N–H and O–H groups in total. The molecule has 1 aromatic heterocycles. The molecule has 2 rings (SSSR count). The topological polar surface area (TPSA) is 77.2 Å². The first-order valence-corrected chi connectivity index (χ1v) is 6.24. The van der Waals surface area contributed by atoms with Gasteiger partial charge in [0, 0.05) is 17.4 Å². The Bertz CT molecular complexity index is 626. The van der Waals surface area contributed by atoms with Crippen molar-refractivity contribution < 1.29 is 9.53 Å². The quantitative estimate of drug-likeness (QED) is 0.833. The van der Waals surface area contributed by atoms with Crippen LogP contribution in [0.15, 0.2) is 36.4 Å². The molecule has 1 aromatic carbocycles. The summed E-state index contributed by atoms with van der Waals surface area (Å²) < 4.78 is 5.05. The van der Waals surface area contributed by atoms with Crippen LogP contribution in [0.2, 0.25) is 0 Å². The lowest BCUT2D eigenvalue weighted by atomic mass is 10.1. The lowest BCUT2D eigenvalue weighted by Crippen LogP contribution is -2.24. The summed E-state index contributed by atoms with van der Waals surface area (Å²) in [5, 5.41) is 2.80. The number of nitrogens with one attached hydrogen (secondary N) is 1. The van der Waals surface area contributed by atoms with Gasteiger partial charge in [-0.3, -0.25) is 9.78 Å². The molecule has 0 spiro atoms. The number of rotatable bonds is 4. The molecule has 0 atom stereocenters. The zero-order valence-electron chi connectivity index (χ0n) is 11.5. The minimum atomic E-state index is -0.228. The Morgan fingerprint density at radius 1 is 1.35 bits per heavy atom. The first-order valence-electron chi connectivity index (χ1n) is 6.24. The lowest BCUT2D eigenvalue weighted by Gasteiger charge is -2.09. The fourth-order valence-corrected chi connectivity index (χ4v) is 1.84. The van der Waals surface area contributed by atoms with Gasteiger partial charge in [0.2, 0.25) is 0 Å². The largest absolute Gasteiger partial charge is 0.497 e. The van der Waals surface area contributed by atoms with Gasteiger partial charge in [0.15, 0.2) is 0 Å². The van der Waals surface area contributed by atoms with Crippen LogP contribution in [0.1, 0.15) is 21.7 Å². The second-order valence-electron chi connectivity index (χ2n) is 4.41. The number of ether oxygens (including phenoxy) is 1. The summed E-state index contributed by atoms with van der Waals surface area (Å²) in [6.45, 7) is 2.28. The van der Waals surface area contributed by atoms with E-state index in [9.17, 15) is 4.79 Å². The molecule has 0 aliphatic rings. The number of benzene rings is 1. The van der Waals surface area contributed by atoms with Gasteiger partial charge in [0.25, 0.3) is 5.91 Å². The van der Waals surface area contributed by atoms with Crippen molar-refractivity contribution in [3.63, 3.8) is 0 Å². The van der Waals surface area contributed by atoms with Crippen molar-refractivity contribution in [2.45, 2.75) is 13.5 Å². The Hall–Kier alpha value is -2.56. The van der Waals surface area contributed by atoms with Gasteiger partial charge in [-0.15, -0.1) is 0 Å². The van der Waals surface area contributed by atoms with Crippen molar-refractivity contribution >= 4 is 11.6 Å². The van der Waals surface area contributed by atoms with Crippen LogP contribution in [0.3, 0.4) is 0 Å². The zero-order chi connectivity index (χ0) is 14.5. The summed E-state index contributed by atoms with van der Waals surface area (Å²) in [7, 11) is 1.55. The van der Waals surface area contributed by atoms with Crippen molar-refractivity contribution in [3.8, 4) is 5.75 Å². The van der Waals surface area contributed by atoms with Gasteiger partial charge in [-0.05, 0) is 31.2 Å². The average molecular weight is 271 g/mol. The van der Waals surface area contributed by atoms with E-state index in [4.69, 9.17) is 10.5 Å². The monoisotopic (exact) mass is 271 g/mol. The Kier molecular flexibility index (Phi) is 4.20. The van der Waals surface area contributed by atoms with Gasteiger partial charge in [0.1, 0.15) is 5.75 Å². The second-order valence-corrected chi connectivity index (χ2v) is 4.41. The Morgan fingerprint density at radius 2 is 2.15 bits per heavy atom. The van der Waals surface area contributed by atoms with E-state index in [0.29, 0.717) is 23.5 Å². The molecular formula is C15H17N3O2. The van der Waals surface area contributed by atoms with Gasteiger partial charge >= 0.3 is 0 Å². The maximum atomic E-state index is 12.1. The molecule has 1 amide bonds. The molecule has 0 aliphatic carbocycles. The van der Waals surface area contributed by atoms with E-state index in [1.54, 1.807) is 25.3 Å². The van der Waals surface area contributed by atoms with Crippen LogP contribution in [0, 0.1) is 6.92 Å². The molecule has 2 aromatic rings. The highest BCUT2D eigenvalue weighted by molar-refractivity contribution is 5.99. The predicted molar refractivity (Wildman–Crippen MR) is 77.6 cm³/mol. The van der Waals surface area contributed by atoms with Crippen LogP contribution < -0.4 is 15.8 Å². The molecule has 0 aliphatic heterocycles. The predicted octanol–water partition coefficient (Wildman–Crippen LogP) is 1.91. The Labute approximate surface area is 117 Å². The van der Waals surface area contributed by atoms with E-state index < -0.39 is 0 Å². The molecule has 0 bridgehead atoms. The smallest absolute Gasteiger partial charge is 0.253 e. The van der Waals surface area contributed by atoms with Crippen LogP contribution in [-0.4, -0.2) is 18.0 Å².